The number of rotatable bonds is 4. The molecule has 0 amide bonds. The second-order valence-electron chi connectivity index (χ2n) is 3.94. The topological polar surface area (TPSA) is 20.2 Å². The molecule has 0 aromatic carbocycles. The lowest BCUT2D eigenvalue weighted by Crippen LogP contribution is -2.22. The van der Waals surface area contributed by atoms with Crippen LogP contribution in [0.5, 0.6) is 0 Å². The van der Waals surface area contributed by atoms with E-state index in [1.165, 1.54) is 24.3 Å². The number of aliphatic hydroxyl groups is 1. The molecule has 0 bridgehead atoms. The average molecular weight is 188 g/mol. The number of hydrogen-bond donors (Lipinski definition) is 1. The number of thioether (sulfide) groups is 1. The number of aliphatic hydroxyl groups excluding tert-OH is 1. The Morgan fingerprint density at radius 3 is 2.83 bits per heavy atom. The van der Waals surface area contributed by atoms with Crippen molar-refractivity contribution in [1.82, 2.24) is 0 Å². The van der Waals surface area contributed by atoms with Crippen molar-refractivity contribution >= 4 is 11.8 Å². The molecular formula is C10H20OS. The summed E-state index contributed by atoms with van der Waals surface area (Å²) in [5, 5.41) is 9.84. The van der Waals surface area contributed by atoms with Crippen LogP contribution in [0.4, 0.5) is 0 Å². The van der Waals surface area contributed by atoms with Crippen LogP contribution in [0.2, 0.25) is 0 Å². The van der Waals surface area contributed by atoms with Gasteiger partial charge in [0.2, 0.25) is 0 Å². The van der Waals surface area contributed by atoms with Gasteiger partial charge in [-0.2, -0.15) is 11.8 Å². The van der Waals surface area contributed by atoms with Crippen molar-refractivity contribution < 1.29 is 5.11 Å². The average Bonchev–Trinajstić information content (AvgIpc) is 2.56. The van der Waals surface area contributed by atoms with E-state index in [9.17, 15) is 5.11 Å². The second kappa shape index (κ2) is 5.13. The van der Waals surface area contributed by atoms with Crippen LogP contribution in [0.25, 0.3) is 0 Å². The molecule has 2 heteroatoms. The highest BCUT2D eigenvalue weighted by atomic mass is 32.2. The van der Waals surface area contributed by atoms with Crippen molar-refractivity contribution in [2.45, 2.75) is 39.2 Å². The second-order valence-corrected chi connectivity index (χ2v) is 5.09. The van der Waals surface area contributed by atoms with Gasteiger partial charge in [-0.3, -0.25) is 0 Å². The van der Waals surface area contributed by atoms with Crippen LogP contribution in [-0.4, -0.2) is 22.7 Å². The minimum atomic E-state index is -0.0325. The molecular weight excluding hydrogens is 168 g/mol. The summed E-state index contributed by atoms with van der Waals surface area (Å²) in [5.74, 6) is 3.70. The molecule has 1 aliphatic heterocycles. The van der Waals surface area contributed by atoms with Crippen molar-refractivity contribution in [3.8, 4) is 0 Å². The predicted molar refractivity (Wildman–Crippen MR) is 55.5 cm³/mol. The molecule has 1 saturated heterocycles. The lowest BCUT2D eigenvalue weighted by atomic mass is 9.92. The zero-order valence-electron chi connectivity index (χ0n) is 8.12. The van der Waals surface area contributed by atoms with Gasteiger partial charge in [0.1, 0.15) is 0 Å². The summed E-state index contributed by atoms with van der Waals surface area (Å²) in [6, 6.07) is 0. The summed E-state index contributed by atoms with van der Waals surface area (Å²) in [4.78, 5) is 0. The van der Waals surface area contributed by atoms with E-state index in [4.69, 9.17) is 0 Å². The van der Waals surface area contributed by atoms with Crippen LogP contribution >= 0.6 is 11.8 Å². The Balaban J connectivity index is 2.21. The normalized spacial score (nSPS) is 28.8. The van der Waals surface area contributed by atoms with Crippen molar-refractivity contribution in [3.05, 3.63) is 0 Å². The first-order chi connectivity index (χ1) is 5.74. The highest BCUT2D eigenvalue weighted by molar-refractivity contribution is 7.99. The summed E-state index contributed by atoms with van der Waals surface area (Å²) < 4.78 is 0. The van der Waals surface area contributed by atoms with Crippen molar-refractivity contribution in [2.75, 3.05) is 11.5 Å². The van der Waals surface area contributed by atoms with Crippen LogP contribution in [0.15, 0.2) is 0 Å². The molecule has 0 aromatic heterocycles. The molecule has 0 aromatic rings. The van der Waals surface area contributed by atoms with E-state index in [0.717, 1.165) is 6.42 Å². The molecule has 0 saturated carbocycles. The van der Waals surface area contributed by atoms with Gasteiger partial charge in [-0.25, -0.2) is 0 Å². The zero-order valence-corrected chi connectivity index (χ0v) is 8.94. The summed E-state index contributed by atoms with van der Waals surface area (Å²) in [5.41, 5.74) is 0. The molecule has 0 aliphatic carbocycles. The maximum Gasteiger partial charge on any atom is 0.0579 e. The summed E-state index contributed by atoms with van der Waals surface area (Å²) >= 11 is 1.99. The molecule has 1 rings (SSSR count). The molecule has 3 unspecified atom stereocenters. The SMILES string of the molecule is CCC(C)CC(O)C1CCSC1. The molecule has 1 heterocycles. The molecule has 72 valence electrons. The third-order valence-corrected chi connectivity index (χ3v) is 4.04. The first-order valence-corrected chi connectivity index (χ1v) is 6.15. The Morgan fingerprint density at radius 1 is 1.58 bits per heavy atom. The third kappa shape index (κ3) is 2.98. The molecule has 1 aliphatic rings. The molecule has 3 atom stereocenters. The van der Waals surface area contributed by atoms with Gasteiger partial charge in [-0.15, -0.1) is 0 Å². The van der Waals surface area contributed by atoms with Gasteiger partial charge in [0.15, 0.2) is 0 Å². The van der Waals surface area contributed by atoms with Gasteiger partial charge in [-0.1, -0.05) is 20.3 Å². The van der Waals surface area contributed by atoms with E-state index in [0.29, 0.717) is 11.8 Å². The largest absolute Gasteiger partial charge is 0.393 e. The van der Waals surface area contributed by atoms with Crippen LogP contribution < -0.4 is 0 Å². The first kappa shape index (κ1) is 10.4. The summed E-state index contributed by atoms with van der Waals surface area (Å²) in [6.07, 6.45) is 3.39. The smallest absolute Gasteiger partial charge is 0.0579 e. The maximum atomic E-state index is 9.84. The first-order valence-electron chi connectivity index (χ1n) is 4.99. The molecule has 1 N–H and O–H groups in total. The number of hydrogen-bond acceptors (Lipinski definition) is 2. The van der Waals surface area contributed by atoms with Crippen molar-refractivity contribution in [1.29, 1.82) is 0 Å². The highest BCUT2D eigenvalue weighted by Crippen LogP contribution is 2.29. The van der Waals surface area contributed by atoms with Gasteiger partial charge < -0.3 is 5.11 Å². The quantitative estimate of drug-likeness (QED) is 0.731. The Bertz CT molecular complexity index is 121. The Labute approximate surface area is 79.9 Å². The van der Waals surface area contributed by atoms with Gasteiger partial charge in [0.05, 0.1) is 6.10 Å². The fraction of sp³-hybridized carbons (Fsp3) is 1.00. The van der Waals surface area contributed by atoms with Crippen LogP contribution in [-0.2, 0) is 0 Å². The molecule has 1 fully saturated rings. The van der Waals surface area contributed by atoms with Crippen LogP contribution in [0, 0.1) is 11.8 Å². The van der Waals surface area contributed by atoms with E-state index in [1.54, 1.807) is 0 Å². The van der Waals surface area contributed by atoms with Gasteiger partial charge in [0, 0.05) is 0 Å². The molecule has 0 spiro atoms. The fourth-order valence-electron chi connectivity index (χ4n) is 1.63. The lowest BCUT2D eigenvalue weighted by molar-refractivity contribution is 0.0945. The minimum Gasteiger partial charge on any atom is -0.393 e. The van der Waals surface area contributed by atoms with E-state index in [2.05, 4.69) is 13.8 Å². The minimum absolute atomic E-state index is 0.0325. The predicted octanol–water partition coefficient (Wildman–Crippen LogP) is 2.54. The Morgan fingerprint density at radius 2 is 2.33 bits per heavy atom. The van der Waals surface area contributed by atoms with Crippen LogP contribution in [0.1, 0.15) is 33.1 Å². The summed E-state index contributed by atoms with van der Waals surface area (Å²) in [7, 11) is 0. The van der Waals surface area contributed by atoms with Gasteiger partial charge >= 0.3 is 0 Å². The molecule has 1 nitrogen and oxygen atoms in total. The third-order valence-electron chi connectivity index (χ3n) is 2.85. The molecule has 12 heavy (non-hydrogen) atoms. The monoisotopic (exact) mass is 188 g/mol. The summed E-state index contributed by atoms with van der Waals surface area (Å²) in [6.45, 7) is 4.42. The van der Waals surface area contributed by atoms with E-state index < -0.39 is 0 Å². The van der Waals surface area contributed by atoms with Gasteiger partial charge in [-0.05, 0) is 36.2 Å². The van der Waals surface area contributed by atoms with E-state index in [1.807, 2.05) is 11.8 Å². The van der Waals surface area contributed by atoms with E-state index in [-0.39, 0.29) is 6.10 Å². The Hall–Kier alpha value is 0.310. The van der Waals surface area contributed by atoms with Gasteiger partial charge in [0.25, 0.3) is 0 Å². The molecule has 0 radical (unpaired) electrons. The fourth-order valence-corrected chi connectivity index (χ4v) is 2.96. The van der Waals surface area contributed by atoms with E-state index >= 15 is 0 Å². The van der Waals surface area contributed by atoms with Crippen LogP contribution in [0.3, 0.4) is 0 Å². The highest BCUT2D eigenvalue weighted by Gasteiger charge is 2.24. The zero-order chi connectivity index (χ0) is 8.97. The van der Waals surface area contributed by atoms with Crippen molar-refractivity contribution in [3.63, 3.8) is 0 Å². The Kier molecular flexibility index (Phi) is 4.44. The lowest BCUT2D eigenvalue weighted by Gasteiger charge is -2.19. The maximum absolute atomic E-state index is 9.84. The standard InChI is InChI=1S/C10H20OS/c1-3-8(2)6-10(11)9-4-5-12-7-9/h8-11H,3-7H2,1-2H3. The van der Waals surface area contributed by atoms with Crippen molar-refractivity contribution in [2.24, 2.45) is 11.8 Å².